The van der Waals surface area contributed by atoms with Crippen LogP contribution < -0.4 is 4.74 Å². The molecule has 1 aromatic carbocycles. The lowest BCUT2D eigenvalue weighted by Crippen LogP contribution is -1.88. The number of pyridine rings is 1. The fourth-order valence-corrected chi connectivity index (χ4v) is 1.35. The van der Waals surface area contributed by atoms with E-state index in [1.54, 1.807) is 42.5 Å². The molecule has 2 rings (SSSR count). The monoisotopic (exact) mass is 230 g/mol. The summed E-state index contributed by atoms with van der Waals surface area (Å²) in [4.78, 5) is 3.98. The molecule has 0 N–H and O–H groups in total. The lowest BCUT2D eigenvalue weighted by Gasteiger charge is -2.04. The van der Waals surface area contributed by atoms with Gasteiger partial charge >= 0.3 is 0 Å². The Bertz CT molecular complexity index is 549. The predicted octanol–water partition coefficient (Wildman–Crippen LogP) is 3.40. The van der Waals surface area contributed by atoms with E-state index in [2.05, 4.69) is 4.98 Å². The molecule has 16 heavy (non-hydrogen) atoms. The summed E-state index contributed by atoms with van der Waals surface area (Å²) in [7, 11) is 0. The van der Waals surface area contributed by atoms with Crippen molar-refractivity contribution in [1.82, 2.24) is 4.98 Å². The summed E-state index contributed by atoms with van der Waals surface area (Å²) in [5.74, 6) is 0.969. The summed E-state index contributed by atoms with van der Waals surface area (Å²) in [6.07, 6.45) is 0. The number of halogens is 1. The molecular weight excluding hydrogens is 224 g/mol. The van der Waals surface area contributed by atoms with E-state index in [0.717, 1.165) is 0 Å². The molecule has 0 saturated heterocycles. The summed E-state index contributed by atoms with van der Waals surface area (Å²) >= 11 is 5.73. The maximum atomic E-state index is 8.73. The first-order valence-electron chi connectivity index (χ1n) is 4.58. The van der Waals surface area contributed by atoms with Crippen LogP contribution >= 0.6 is 11.6 Å². The van der Waals surface area contributed by atoms with Gasteiger partial charge in [-0.15, -0.1) is 0 Å². The van der Waals surface area contributed by atoms with Gasteiger partial charge in [0.15, 0.2) is 0 Å². The van der Waals surface area contributed by atoms with Gasteiger partial charge in [0.05, 0.1) is 11.6 Å². The van der Waals surface area contributed by atoms with E-state index in [0.29, 0.717) is 22.3 Å². The summed E-state index contributed by atoms with van der Waals surface area (Å²) in [5.41, 5.74) is 0.541. The molecule has 0 fully saturated rings. The minimum absolute atomic E-state index is 0.369. The van der Waals surface area contributed by atoms with E-state index < -0.39 is 0 Å². The van der Waals surface area contributed by atoms with Gasteiger partial charge in [-0.05, 0) is 24.3 Å². The van der Waals surface area contributed by atoms with Crippen LogP contribution in [0.25, 0.3) is 0 Å². The average molecular weight is 231 g/mol. The molecule has 78 valence electrons. The van der Waals surface area contributed by atoms with Crippen LogP contribution in [0.5, 0.6) is 11.6 Å². The molecule has 0 saturated carbocycles. The van der Waals surface area contributed by atoms with Gasteiger partial charge in [-0.2, -0.15) is 5.26 Å². The SMILES string of the molecule is N#Cc1cccc(Oc2cccc(Cl)n2)c1. The minimum atomic E-state index is 0.369. The van der Waals surface area contributed by atoms with Crippen LogP contribution in [0.2, 0.25) is 5.15 Å². The second-order valence-electron chi connectivity index (χ2n) is 3.04. The standard InChI is InChI=1S/C12H7ClN2O/c13-11-5-2-6-12(15-11)16-10-4-1-3-9(7-10)8-14/h1-7H. The van der Waals surface area contributed by atoms with Crippen LogP contribution in [-0.4, -0.2) is 4.98 Å². The van der Waals surface area contributed by atoms with Crippen LogP contribution in [0.15, 0.2) is 42.5 Å². The normalized spacial score (nSPS) is 9.50. The Morgan fingerprint density at radius 2 is 2.00 bits per heavy atom. The Labute approximate surface area is 97.9 Å². The van der Waals surface area contributed by atoms with Crippen molar-refractivity contribution in [2.45, 2.75) is 0 Å². The van der Waals surface area contributed by atoms with Crippen molar-refractivity contribution in [3.8, 4) is 17.7 Å². The number of rotatable bonds is 2. The van der Waals surface area contributed by atoms with E-state index in [9.17, 15) is 0 Å². The molecule has 1 heterocycles. The van der Waals surface area contributed by atoms with Crippen molar-refractivity contribution in [2.24, 2.45) is 0 Å². The number of hydrogen-bond donors (Lipinski definition) is 0. The van der Waals surface area contributed by atoms with E-state index in [1.165, 1.54) is 0 Å². The second kappa shape index (κ2) is 4.65. The van der Waals surface area contributed by atoms with Gasteiger partial charge in [0, 0.05) is 6.07 Å². The van der Waals surface area contributed by atoms with Crippen molar-refractivity contribution in [2.75, 3.05) is 0 Å². The number of nitrogens with zero attached hydrogens (tertiary/aromatic N) is 2. The van der Waals surface area contributed by atoms with Crippen LogP contribution in [-0.2, 0) is 0 Å². The molecule has 2 aromatic rings. The zero-order chi connectivity index (χ0) is 11.4. The first-order valence-corrected chi connectivity index (χ1v) is 4.96. The number of benzene rings is 1. The first-order chi connectivity index (χ1) is 7.78. The molecule has 0 atom stereocenters. The van der Waals surface area contributed by atoms with Crippen molar-refractivity contribution in [1.29, 1.82) is 5.26 Å². The topological polar surface area (TPSA) is 45.9 Å². The van der Waals surface area contributed by atoms with Crippen LogP contribution in [0.3, 0.4) is 0 Å². The van der Waals surface area contributed by atoms with E-state index in [1.807, 2.05) is 6.07 Å². The van der Waals surface area contributed by atoms with E-state index in [-0.39, 0.29) is 0 Å². The Balaban J connectivity index is 2.24. The average Bonchev–Trinajstić information content (AvgIpc) is 2.29. The van der Waals surface area contributed by atoms with Gasteiger partial charge in [-0.25, -0.2) is 4.98 Å². The van der Waals surface area contributed by atoms with E-state index >= 15 is 0 Å². The summed E-state index contributed by atoms with van der Waals surface area (Å²) in [6.45, 7) is 0. The van der Waals surface area contributed by atoms with Gasteiger partial charge in [-0.1, -0.05) is 23.7 Å². The number of ether oxygens (including phenoxy) is 1. The highest BCUT2D eigenvalue weighted by atomic mass is 35.5. The predicted molar refractivity (Wildman–Crippen MR) is 60.5 cm³/mol. The smallest absolute Gasteiger partial charge is 0.220 e. The van der Waals surface area contributed by atoms with Crippen molar-refractivity contribution in [3.63, 3.8) is 0 Å². The highest BCUT2D eigenvalue weighted by Crippen LogP contribution is 2.21. The van der Waals surface area contributed by atoms with E-state index in [4.69, 9.17) is 21.6 Å². The lowest BCUT2D eigenvalue weighted by atomic mass is 10.2. The Kier molecular flexibility index (Phi) is 3.04. The largest absolute Gasteiger partial charge is 0.439 e. The first kappa shape index (κ1) is 10.5. The van der Waals surface area contributed by atoms with Gasteiger partial charge < -0.3 is 4.74 Å². The van der Waals surface area contributed by atoms with Gasteiger partial charge in [-0.3, -0.25) is 0 Å². The highest BCUT2D eigenvalue weighted by molar-refractivity contribution is 6.29. The summed E-state index contributed by atoms with van der Waals surface area (Å²) < 4.78 is 5.46. The number of nitriles is 1. The van der Waals surface area contributed by atoms with Crippen LogP contribution in [0, 0.1) is 11.3 Å². The van der Waals surface area contributed by atoms with Gasteiger partial charge in [0.25, 0.3) is 0 Å². The van der Waals surface area contributed by atoms with Crippen molar-refractivity contribution in [3.05, 3.63) is 53.2 Å². The summed E-state index contributed by atoms with van der Waals surface area (Å²) in [6, 6.07) is 14.0. The molecule has 0 unspecified atom stereocenters. The maximum absolute atomic E-state index is 8.73. The molecule has 0 aliphatic rings. The third-order valence-electron chi connectivity index (χ3n) is 1.88. The minimum Gasteiger partial charge on any atom is -0.439 e. The van der Waals surface area contributed by atoms with Crippen LogP contribution in [0.1, 0.15) is 5.56 Å². The number of aromatic nitrogens is 1. The maximum Gasteiger partial charge on any atom is 0.220 e. The Morgan fingerprint density at radius 3 is 2.75 bits per heavy atom. The Morgan fingerprint density at radius 1 is 1.19 bits per heavy atom. The third-order valence-corrected chi connectivity index (χ3v) is 2.09. The zero-order valence-electron chi connectivity index (χ0n) is 8.22. The molecule has 0 radical (unpaired) electrons. The molecule has 0 amide bonds. The highest BCUT2D eigenvalue weighted by Gasteiger charge is 2.00. The fraction of sp³-hybridized carbons (Fsp3) is 0. The number of hydrogen-bond acceptors (Lipinski definition) is 3. The molecule has 0 aliphatic carbocycles. The molecule has 0 bridgehead atoms. The molecule has 4 heteroatoms. The van der Waals surface area contributed by atoms with Crippen molar-refractivity contribution < 1.29 is 4.74 Å². The third kappa shape index (κ3) is 2.50. The second-order valence-corrected chi connectivity index (χ2v) is 3.43. The van der Waals surface area contributed by atoms with Gasteiger partial charge in [0.2, 0.25) is 5.88 Å². The Hall–Kier alpha value is -2.05. The van der Waals surface area contributed by atoms with Crippen molar-refractivity contribution >= 4 is 11.6 Å². The fourth-order valence-electron chi connectivity index (χ4n) is 1.20. The molecule has 1 aromatic heterocycles. The quantitative estimate of drug-likeness (QED) is 0.743. The molecule has 0 aliphatic heterocycles. The van der Waals surface area contributed by atoms with Crippen LogP contribution in [0.4, 0.5) is 0 Å². The zero-order valence-corrected chi connectivity index (χ0v) is 8.98. The molecule has 3 nitrogen and oxygen atoms in total. The molecule has 0 spiro atoms. The van der Waals surface area contributed by atoms with Gasteiger partial charge in [0.1, 0.15) is 10.9 Å². The summed E-state index contributed by atoms with van der Waals surface area (Å²) in [5, 5.41) is 9.10. The molecular formula is C12H7ClN2O. The lowest BCUT2D eigenvalue weighted by molar-refractivity contribution is 0.463.